The summed E-state index contributed by atoms with van der Waals surface area (Å²) in [7, 11) is 0. The van der Waals surface area contributed by atoms with E-state index < -0.39 is 23.1 Å². The van der Waals surface area contributed by atoms with Crippen LogP contribution in [0.1, 0.15) is 43.7 Å². The molecule has 0 heterocycles. The molecule has 1 aromatic carbocycles. The lowest BCUT2D eigenvalue weighted by atomic mass is 9.60. The molecular formula is C23H26FNO3. The number of benzene rings is 1. The maximum absolute atomic E-state index is 15.6. The second-order valence-corrected chi connectivity index (χ2v) is 7.64. The van der Waals surface area contributed by atoms with E-state index in [0.717, 1.165) is 32.3 Å². The van der Waals surface area contributed by atoms with Crippen LogP contribution in [0.4, 0.5) is 4.39 Å². The molecule has 0 amide bonds. The van der Waals surface area contributed by atoms with Crippen LogP contribution in [0.2, 0.25) is 0 Å². The Morgan fingerprint density at radius 3 is 2.64 bits per heavy atom. The average Bonchev–Trinajstić information content (AvgIpc) is 2.72. The maximum Gasteiger partial charge on any atom is 0.314 e. The Hall–Kier alpha value is -2.45. The first-order valence-electron chi connectivity index (χ1n) is 9.90. The topological polar surface area (TPSA) is 70.3 Å². The molecule has 2 unspecified atom stereocenters. The first kappa shape index (κ1) is 20.3. The summed E-state index contributed by atoms with van der Waals surface area (Å²) < 4.78 is 21.2. The van der Waals surface area contributed by atoms with Gasteiger partial charge in [0.15, 0.2) is 0 Å². The monoisotopic (exact) mass is 383 g/mol. The zero-order valence-corrected chi connectivity index (χ0v) is 16.1. The van der Waals surface area contributed by atoms with E-state index in [1.165, 1.54) is 6.08 Å². The molecule has 1 saturated carbocycles. The van der Waals surface area contributed by atoms with E-state index in [0.29, 0.717) is 23.7 Å². The molecule has 0 aromatic heterocycles. The third-order valence-corrected chi connectivity index (χ3v) is 6.11. The molecule has 0 radical (unpaired) electrons. The molecule has 1 aromatic rings. The Balaban J connectivity index is 1.98. The predicted molar refractivity (Wildman–Crippen MR) is 104 cm³/mol. The number of ether oxygens (including phenoxy) is 1. The van der Waals surface area contributed by atoms with Crippen LogP contribution in [-0.2, 0) is 14.9 Å². The Labute approximate surface area is 165 Å². The van der Waals surface area contributed by atoms with Crippen molar-refractivity contribution in [2.75, 3.05) is 13.2 Å². The van der Waals surface area contributed by atoms with E-state index in [-0.39, 0.29) is 5.92 Å². The average molecular weight is 383 g/mol. The van der Waals surface area contributed by atoms with Crippen LogP contribution >= 0.6 is 0 Å². The quantitative estimate of drug-likeness (QED) is 0.719. The first-order chi connectivity index (χ1) is 13.5. The number of carboxylic acid groups (broad SMARTS) is 1. The fourth-order valence-corrected chi connectivity index (χ4v) is 4.62. The van der Waals surface area contributed by atoms with Crippen molar-refractivity contribution in [2.24, 2.45) is 17.8 Å². The van der Waals surface area contributed by atoms with Gasteiger partial charge in [-0.2, -0.15) is 5.26 Å². The molecule has 0 bridgehead atoms. The zero-order valence-electron chi connectivity index (χ0n) is 16.1. The smallest absolute Gasteiger partial charge is 0.314 e. The molecule has 1 N–H and O–H groups in total. The van der Waals surface area contributed by atoms with Gasteiger partial charge in [0.05, 0.1) is 23.0 Å². The SMILES string of the molecule is CCOCC1CCC(C2(c3ccccc3C#N)C=CC(C(=O)O)C=C2F)CC1. The van der Waals surface area contributed by atoms with Gasteiger partial charge in [-0.15, -0.1) is 0 Å². The van der Waals surface area contributed by atoms with Crippen molar-refractivity contribution in [3.8, 4) is 6.07 Å². The minimum Gasteiger partial charge on any atom is -0.481 e. The molecule has 4 nitrogen and oxygen atoms in total. The number of nitrogens with zero attached hydrogens (tertiary/aromatic N) is 1. The van der Waals surface area contributed by atoms with Crippen LogP contribution in [0.25, 0.3) is 0 Å². The highest BCUT2D eigenvalue weighted by Gasteiger charge is 2.47. The number of rotatable bonds is 6. The van der Waals surface area contributed by atoms with Gasteiger partial charge in [-0.05, 0) is 62.1 Å². The number of aliphatic carboxylic acids is 1. The fourth-order valence-electron chi connectivity index (χ4n) is 4.62. The van der Waals surface area contributed by atoms with Crippen molar-refractivity contribution in [1.82, 2.24) is 0 Å². The standard InChI is InChI=1S/C23H26FNO3/c1-2-28-15-16-7-9-19(10-8-16)23(20-6-4-3-5-18(20)14-25)12-11-17(22(26)27)13-21(23)24/h3-6,11-13,16-17,19H,2,7-10,15H2,1H3,(H,26,27). The largest absolute Gasteiger partial charge is 0.481 e. The molecule has 2 atom stereocenters. The fraction of sp³-hybridized carbons (Fsp3) is 0.478. The van der Waals surface area contributed by atoms with E-state index in [1.54, 1.807) is 30.4 Å². The Bertz CT molecular complexity index is 817. The zero-order chi connectivity index (χ0) is 20.1. The Kier molecular flexibility index (Phi) is 6.31. The molecule has 28 heavy (non-hydrogen) atoms. The molecule has 2 aliphatic carbocycles. The van der Waals surface area contributed by atoms with Crippen LogP contribution in [0.5, 0.6) is 0 Å². The van der Waals surface area contributed by atoms with Gasteiger partial charge in [0.25, 0.3) is 0 Å². The number of carbonyl (C=O) groups is 1. The number of allylic oxidation sites excluding steroid dienone is 2. The third-order valence-electron chi connectivity index (χ3n) is 6.11. The lowest BCUT2D eigenvalue weighted by molar-refractivity contribution is -0.138. The third kappa shape index (κ3) is 3.74. The summed E-state index contributed by atoms with van der Waals surface area (Å²) in [5.41, 5.74) is -0.0185. The number of carboxylic acids is 1. The minimum absolute atomic E-state index is 0.0258. The number of halogens is 1. The summed E-state index contributed by atoms with van der Waals surface area (Å²) >= 11 is 0. The summed E-state index contributed by atoms with van der Waals surface area (Å²) in [4.78, 5) is 11.4. The van der Waals surface area contributed by atoms with Gasteiger partial charge in [-0.3, -0.25) is 4.79 Å². The van der Waals surface area contributed by atoms with E-state index >= 15 is 4.39 Å². The van der Waals surface area contributed by atoms with Gasteiger partial charge in [0.2, 0.25) is 0 Å². The van der Waals surface area contributed by atoms with Crippen LogP contribution < -0.4 is 0 Å². The lowest BCUT2D eigenvalue weighted by Gasteiger charge is -2.43. The second-order valence-electron chi connectivity index (χ2n) is 7.64. The van der Waals surface area contributed by atoms with Crippen molar-refractivity contribution in [2.45, 2.75) is 38.0 Å². The van der Waals surface area contributed by atoms with Gasteiger partial charge >= 0.3 is 5.97 Å². The van der Waals surface area contributed by atoms with Gasteiger partial charge in [-0.1, -0.05) is 30.4 Å². The van der Waals surface area contributed by atoms with Gasteiger partial charge in [0.1, 0.15) is 5.83 Å². The maximum atomic E-state index is 15.6. The molecule has 2 aliphatic rings. The molecule has 3 rings (SSSR count). The molecule has 0 spiro atoms. The van der Waals surface area contributed by atoms with E-state index in [1.807, 2.05) is 13.0 Å². The van der Waals surface area contributed by atoms with Crippen LogP contribution in [-0.4, -0.2) is 24.3 Å². The molecule has 0 saturated heterocycles. The van der Waals surface area contributed by atoms with Crippen LogP contribution in [0, 0.1) is 29.1 Å². The van der Waals surface area contributed by atoms with Gasteiger partial charge < -0.3 is 9.84 Å². The molecule has 148 valence electrons. The highest BCUT2D eigenvalue weighted by molar-refractivity contribution is 5.75. The Morgan fingerprint density at radius 1 is 1.32 bits per heavy atom. The predicted octanol–water partition coefficient (Wildman–Crippen LogP) is 4.76. The van der Waals surface area contributed by atoms with Crippen molar-refractivity contribution in [3.05, 3.63) is 59.4 Å². The molecule has 1 fully saturated rings. The molecule has 5 heteroatoms. The van der Waals surface area contributed by atoms with Crippen LogP contribution in [0.15, 0.2) is 48.3 Å². The number of hydrogen-bond acceptors (Lipinski definition) is 3. The van der Waals surface area contributed by atoms with Crippen LogP contribution in [0.3, 0.4) is 0 Å². The lowest BCUT2D eigenvalue weighted by Crippen LogP contribution is -2.40. The number of hydrogen-bond donors (Lipinski definition) is 1. The van der Waals surface area contributed by atoms with Gasteiger partial charge in [0, 0.05) is 13.2 Å². The van der Waals surface area contributed by atoms with Gasteiger partial charge in [-0.25, -0.2) is 4.39 Å². The Morgan fingerprint density at radius 2 is 2.04 bits per heavy atom. The second kappa shape index (κ2) is 8.70. The summed E-state index contributed by atoms with van der Waals surface area (Å²) in [6.07, 6.45) is 7.94. The summed E-state index contributed by atoms with van der Waals surface area (Å²) in [6, 6.07) is 9.25. The minimum atomic E-state index is -1.08. The highest BCUT2D eigenvalue weighted by atomic mass is 19.1. The molecule has 0 aliphatic heterocycles. The summed E-state index contributed by atoms with van der Waals surface area (Å²) in [5.74, 6) is -2.07. The van der Waals surface area contributed by atoms with E-state index in [9.17, 15) is 15.2 Å². The normalized spacial score (nSPS) is 29.8. The summed E-state index contributed by atoms with van der Waals surface area (Å²) in [5, 5.41) is 18.9. The van der Waals surface area contributed by atoms with Crippen molar-refractivity contribution in [1.29, 1.82) is 5.26 Å². The van der Waals surface area contributed by atoms with Crippen molar-refractivity contribution >= 4 is 5.97 Å². The van der Waals surface area contributed by atoms with Crippen molar-refractivity contribution in [3.63, 3.8) is 0 Å². The number of nitriles is 1. The molecular weight excluding hydrogens is 357 g/mol. The first-order valence-corrected chi connectivity index (χ1v) is 9.90. The van der Waals surface area contributed by atoms with E-state index in [2.05, 4.69) is 6.07 Å². The highest BCUT2D eigenvalue weighted by Crippen LogP contribution is 2.51. The van der Waals surface area contributed by atoms with Crippen molar-refractivity contribution < 1.29 is 19.0 Å². The van der Waals surface area contributed by atoms with E-state index in [4.69, 9.17) is 4.74 Å². The summed E-state index contributed by atoms with van der Waals surface area (Å²) in [6.45, 7) is 3.39.